The Kier molecular flexibility index (Phi) is 4.79. The molecule has 1 aliphatic carbocycles. The fourth-order valence-electron chi connectivity index (χ4n) is 3.56. The van der Waals surface area contributed by atoms with Gasteiger partial charge in [0.05, 0.1) is 6.61 Å². The Morgan fingerprint density at radius 3 is 2.70 bits per heavy atom. The summed E-state index contributed by atoms with van der Waals surface area (Å²) in [5.41, 5.74) is 2.86. The maximum absolute atomic E-state index is 9.52. The van der Waals surface area contributed by atoms with Gasteiger partial charge in [-0.15, -0.1) is 0 Å². The molecule has 0 aromatic heterocycles. The molecule has 20 heavy (non-hydrogen) atoms. The standard InChI is InChI=1S/C17H22INO/c18-15-8-6-13(7-9-15)14-3-1-4-16(11-14)19-10-2-5-17(19)12-20/h6-9,11,16-17,20H,1-5,10,12H2/t16?,17-/m0/s1. The van der Waals surface area contributed by atoms with E-state index in [1.54, 1.807) is 0 Å². The lowest BCUT2D eigenvalue weighted by molar-refractivity contribution is 0.130. The van der Waals surface area contributed by atoms with Crippen LogP contribution in [0.2, 0.25) is 0 Å². The highest BCUT2D eigenvalue weighted by Gasteiger charge is 2.30. The Bertz CT molecular complexity index is 482. The predicted molar refractivity (Wildman–Crippen MR) is 91.6 cm³/mol. The maximum atomic E-state index is 9.52. The number of rotatable bonds is 3. The molecule has 0 bridgehead atoms. The first-order chi connectivity index (χ1) is 9.78. The maximum Gasteiger partial charge on any atom is 0.0587 e. The summed E-state index contributed by atoms with van der Waals surface area (Å²) in [6.07, 6.45) is 8.53. The molecule has 108 valence electrons. The number of nitrogens with zero attached hydrogens (tertiary/aromatic N) is 1. The van der Waals surface area contributed by atoms with Gasteiger partial charge in [-0.3, -0.25) is 4.90 Å². The van der Waals surface area contributed by atoms with Gasteiger partial charge in [0.1, 0.15) is 0 Å². The van der Waals surface area contributed by atoms with E-state index in [1.165, 1.54) is 40.4 Å². The number of allylic oxidation sites excluding steroid dienone is 1. The van der Waals surface area contributed by atoms with E-state index in [-0.39, 0.29) is 0 Å². The second-order valence-electron chi connectivity index (χ2n) is 5.87. The zero-order chi connectivity index (χ0) is 13.9. The second kappa shape index (κ2) is 6.58. The first kappa shape index (κ1) is 14.5. The number of aliphatic hydroxyl groups is 1. The Labute approximate surface area is 135 Å². The summed E-state index contributed by atoms with van der Waals surface area (Å²) >= 11 is 2.35. The van der Waals surface area contributed by atoms with Crippen molar-refractivity contribution >= 4 is 28.2 Å². The van der Waals surface area contributed by atoms with Crippen molar-refractivity contribution in [3.05, 3.63) is 39.5 Å². The van der Waals surface area contributed by atoms with E-state index in [1.807, 2.05) is 0 Å². The summed E-state index contributed by atoms with van der Waals surface area (Å²) in [4.78, 5) is 2.52. The molecule has 2 aliphatic rings. The number of aliphatic hydroxyl groups excluding tert-OH is 1. The van der Waals surface area contributed by atoms with Crippen molar-refractivity contribution in [1.82, 2.24) is 4.90 Å². The summed E-state index contributed by atoms with van der Waals surface area (Å²) in [5, 5.41) is 9.52. The summed E-state index contributed by atoms with van der Waals surface area (Å²) in [6.45, 7) is 1.45. The number of likely N-dealkylation sites (tertiary alicyclic amines) is 1. The van der Waals surface area contributed by atoms with Crippen molar-refractivity contribution in [2.24, 2.45) is 0 Å². The molecule has 3 heteroatoms. The fraction of sp³-hybridized carbons (Fsp3) is 0.529. The van der Waals surface area contributed by atoms with Crippen molar-refractivity contribution in [1.29, 1.82) is 0 Å². The molecule has 0 spiro atoms. The van der Waals surface area contributed by atoms with E-state index in [9.17, 15) is 5.11 Å². The average Bonchev–Trinajstić information content (AvgIpc) is 2.96. The van der Waals surface area contributed by atoms with Gasteiger partial charge in [0, 0.05) is 15.7 Å². The molecule has 1 saturated heterocycles. The molecule has 2 nitrogen and oxygen atoms in total. The molecule has 0 radical (unpaired) electrons. The molecule has 3 rings (SSSR count). The topological polar surface area (TPSA) is 23.5 Å². The van der Waals surface area contributed by atoms with Crippen molar-refractivity contribution in [3.8, 4) is 0 Å². The van der Waals surface area contributed by atoms with Gasteiger partial charge in [-0.1, -0.05) is 18.2 Å². The van der Waals surface area contributed by atoms with Crippen LogP contribution in [0.3, 0.4) is 0 Å². The van der Waals surface area contributed by atoms with Gasteiger partial charge in [-0.25, -0.2) is 0 Å². The third-order valence-electron chi connectivity index (χ3n) is 4.61. The smallest absolute Gasteiger partial charge is 0.0587 e. The number of hydrogen-bond acceptors (Lipinski definition) is 2. The summed E-state index contributed by atoms with van der Waals surface area (Å²) < 4.78 is 1.29. The Morgan fingerprint density at radius 1 is 1.15 bits per heavy atom. The highest BCUT2D eigenvalue weighted by molar-refractivity contribution is 14.1. The molecule has 1 aromatic rings. The Hall–Kier alpha value is -0.390. The predicted octanol–water partition coefficient (Wildman–Crippen LogP) is 3.68. The molecule has 1 unspecified atom stereocenters. The lowest BCUT2D eigenvalue weighted by atomic mass is 9.90. The van der Waals surface area contributed by atoms with Crippen LogP contribution in [0.15, 0.2) is 30.3 Å². The highest BCUT2D eigenvalue weighted by Crippen LogP contribution is 2.32. The van der Waals surface area contributed by atoms with Crippen molar-refractivity contribution < 1.29 is 5.11 Å². The van der Waals surface area contributed by atoms with E-state index >= 15 is 0 Å². The first-order valence-corrected chi connectivity index (χ1v) is 8.69. The Morgan fingerprint density at radius 2 is 1.95 bits per heavy atom. The molecule has 0 amide bonds. The van der Waals surface area contributed by atoms with E-state index in [0.717, 1.165) is 13.0 Å². The minimum absolute atomic E-state index is 0.309. The number of halogens is 1. The average molecular weight is 383 g/mol. The van der Waals surface area contributed by atoms with Gasteiger partial charge in [0.2, 0.25) is 0 Å². The molecule has 1 aliphatic heterocycles. The first-order valence-electron chi connectivity index (χ1n) is 7.61. The molecular formula is C17H22INO. The Balaban J connectivity index is 1.80. The lowest BCUT2D eigenvalue weighted by Gasteiger charge is -2.33. The summed E-state index contributed by atoms with van der Waals surface area (Å²) in [5.74, 6) is 0. The zero-order valence-electron chi connectivity index (χ0n) is 11.8. The van der Waals surface area contributed by atoms with Crippen molar-refractivity contribution in [2.45, 2.75) is 44.2 Å². The van der Waals surface area contributed by atoms with Crippen LogP contribution in [-0.4, -0.2) is 35.2 Å². The van der Waals surface area contributed by atoms with Crippen LogP contribution in [0.4, 0.5) is 0 Å². The van der Waals surface area contributed by atoms with E-state index in [4.69, 9.17) is 0 Å². The van der Waals surface area contributed by atoms with Gasteiger partial charge in [0.25, 0.3) is 0 Å². The molecule has 1 aromatic carbocycles. The SMILES string of the molecule is OC[C@@H]1CCCN1C1C=C(c2ccc(I)cc2)CCC1. The van der Waals surface area contributed by atoms with Crippen LogP contribution >= 0.6 is 22.6 Å². The minimum Gasteiger partial charge on any atom is -0.395 e. The van der Waals surface area contributed by atoms with Crippen LogP contribution in [0.5, 0.6) is 0 Å². The van der Waals surface area contributed by atoms with Crippen LogP contribution in [0.25, 0.3) is 5.57 Å². The van der Waals surface area contributed by atoms with Crippen LogP contribution in [0.1, 0.15) is 37.7 Å². The molecule has 1 fully saturated rings. The van der Waals surface area contributed by atoms with Gasteiger partial charge in [-0.2, -0.15) is 0 Å². The molecule has 1 N–H and O–H groups in total. The largest absolute Gasteiger partial charge is 0.395 e. The lowest BCUT2D eigenvalue weighted by Crippen LogP contribution is -2.40. The van der Waals surface area contributed by atoms with E-state index in [2.05, 4.69) is 57.8 Å². The van der Waals surface area contributed by atoms with Crippen LogP contribution < -0.4 is 0 Å². The normalized spacial score (nSPS) is 27.6. The molecule has 1 heterocycles. The van der Waals surface area contributed by atoms with Crippen LogP contribution in [0, 0.1) is 3.57 Å². The van der Waals surface area contributed by atoms with Crippen molar-refractivity contribution in [2.75, 3.05) is 13.2 Å². The monoisotopic (exact) mass is 383 g/mol. The van der Waals surface area contributed by atoms with Gasteiger partial charge >= 0.3 is 0 Å². The molecular weight excluding hydrogens is 361 g/mol. The van der Waals surface area contributed by atoms with Crippen LogP contribution in [-0.2, 0) is 0 Å². The van der Waals surface area contributed by atoms with E-state index in [0.29, 0.717) is 18.7 Å². The summed E-state index contributed by atoms with van der Waals surface area (Å²) in [7, 11) is 0. The zero-order valence-corrected chi connectivity index (χ0v) is 13.9. The van der Waals surface area contributed by atoms with E-state index < -0.39 is 0 Å². The second-order valence-corrected chi connectivity index (χ2v) is 7.12. The summed E-state index contributed by atoms with van der Waals surface area (Å²) in [6, 6.07) is 9.76. The molecule has 2 atom stereocenters. The van der Waals surface area contributed by atoms with Gasteiger partial charge in [-0.05, 0) is 84.5 Å². The van der Waals surface area contributed by atoms with Gasteiger partial charge < -0.3 is 5.11 Å². The minimum atomic E-state index is 0.309. The van der Waals surface area contributed by atoms with Gasteiger partial charge in [0.15, 0.2) is 0 Å². The molecule has 0 saturated carbocycles. The number of benzene rings is 1. The third-order valence-corrected chi connectivity index (χ3v) is 5.33. The quantitative estimate of drug-likeness (QED) is 0.805. The highest BCUT2D eigenvalue weighted by atomic mass is 127. The fourth-order valence-corrected chi connectivity index (χ4v) is 3.92. The third kappa shape index (κ3) is 3.10. The van der Waals surface area contributed by atoms with Crippen molar-refractivity contribution in [3.63, 3.8) is 0 Å². The number of hydrogen-bond donors (Lipinski definition) is 1.